The molecule has 7 aromatic carbocycles. The summed E-state index contributed by atoms with van der Waals surface area (Å²) in [5, 5.41) is 0. The van der Waals surface area contributed by atoms with Crippen molar-refractivity contribution in [3.8, 4) is 23.0 Å². The van der Waals surface area contributed by atoms with Crippen LogP contribution in [0, 0.1) is 0 Å². The van der Waals surface area contributed by atoms with Gasteiger partial charge in [0.2, 0.25) is 0 Å². The second kappa shape index (κ2) is 13.6. The molecule has 0 unspecified atom stereocenters. The predicted molar refractivity (Wildman–Crippen MR) is 189 cm³/mol. The molecule has 0 aliphatic carbocycles. The molecule has 46 heavy (non-hydrogen) atoms. The fourth-order valence-corrected chi connectivity index (χ4v) is 5.38. The van der Waals surface area contributed by atoms with Crippen LogP contribution in [0.4, 0.5) is 34.1 Å². The summed E-state index contributed by atoms with van der Waals surface area (Å²) < 4.78 is 12.4. The monoisotopic (exact) mass is 596 g/mol. The van der Waals surface area contributed by atoms with Crippen LogP contribution in [-0.4, -0.2) is 0 Å². The van der Waals surface area contributed by atoms with Crippen molar-refractivity contribution in [3.05, 3.63) is 194 Å². The fourth-order valence-electron chi connectivity index (χ4n) is 5.38. The van der Waals surface area contributed by atoms with Gasteiger partial charge < -0.3 is 19.3 Å². The maximum absolute atomic E-state index is 6.18. The van der Waals surface area contributed by atoms with Crippen molar-refractivity contribution < 1.29 is 9.47 Å². The molecule has 0 aliphatic rings. The van der Waals surface area contributed by atoms with Crippen molar-refractivity contribution in [2.75, 3.05) is 9.80 Å². The summed E-state index contributed by atoms with van der Waals surface area (Å²) in [6.45, 7) is 0. The van der Waals surface area contributed by atoms with E-state index in [-0.39, 0.29) is 0 Å². The van der Waals surface area contributed by atoms with Crippen LogP contribution in [0.3, 0.4) is 0 Å². The molecule has 4 heteroatoms. The third kappa shape index (κ3) is 6.62. The third-order valence-corrected chi connectivity index (χ3v) is 7.54. The van der Waals surface area contributed by atoms with Crippen LogP contribution < -0.4 is 19.3 Å². The van der Waals surface area contributed by atoms with Crippen LogP contribution in [-0.2, 0) is 0 Å². The number of hydrogen-bond donors (Lipinski definition) is 0. The zero-order chi connectivity index (χ0) is 31.0. The van der Waals surface area contributed by atoms with Gasteiger partial charge in [-0.1, -0.05) is 72.8 Å². The number of para-hydroxylation sites is 4. The molecular weight excluding hydrogens is 564 g/mol. The predicted octanol–water partition coefficient (Wildman–Crippen LogP) is 12.2. The zero-order valence-corrected chi connectivity index (χ0v) is 25.2. The summed E-state index contributed by atoms with van der Waals surface area (Å²) in [5.74, 6) is 2.99. The van der Waals surface area contributed by atoms with E-state index >= 15 is 0 Å². The van der Waals surface area contributed by atoms with E-state index in [1.54, 1.807) is 0 Å². The molecule has 0 saturated heterocycles. The van der Waals surface area contributed by atoms with E-state index in [0.29, 0.717) is 0 Å². The van der Waals surface area contributed by atoms with Crippen LogP contribution in [0.2, 0.25) is 0 Å². The van der Waals surface area contributed by atoms with Crippen LogP contribution >= 0.6 is 0 Å². The lowest BCUT2D eigenvalue weighted by atomic mass is 10.2. The van der Waals surface area contributed by atoms with Gasteiger partial charge in [0.15, 0.2) is 0 Å². The average Bonchev–Trinajstić information content (AvgIpc) is 3.13. The molecule has 0 fully saturated rings. The zero-order valence-electron chi connectivity index (χ0n) is 25.2. The van der Waals surface area contributed by atoms with Crippen LogP contribution in [0.15, 0.2) is 194 Å². The number of rotatable bonds is 10. The third-order valence-electron chi connectivity index (χ3n) is 7.54. The lowest BCUT2D eigenvalue weighted by Gasteiger charge is -2.25. The van der Waals surface area contributed by atoms with Crippen LogP contribution in [0.25, 0.3) is 0 Å². The molecule has 0 radical (unpaired) electrons. The maximum Gasteiger partial charge on any atom is 0.127 e. The topological polar surface area (TPSA) is 24.9 Å². The molecular formula is C42H32N2O2. The van der Waals surface area contributed by atoms with Crippen molar-refractivity contribution in [1.29, 1.82) is 0 Å². The van der Waals surface area contributed by atoms with E-state index in [0.717, 1.165) is 57.1 Å². The molecule has 0 aromatic heterocycles. The average molecular weight is 597 g/mol. The number of nitrogens with zero attached hydrogens (tertiary/aromatic N) is 2. The van der Waals surface area contributed by atoms with Gasteiger partial charge >= 0.3 is 0 Å². The van der Waals surface area contributed by atoms with Gasteiger partial charge in [0.1, 0.15) is 23.0 Å². The summed E-state index contributed by atoms with van der Waals surface area (Å²) in [6, 6.07) is 65.4. The molecule has 0 aliphatic heterocycles. The van der Waals surface area contributed by atoms with Crippen molar-refractivity contribution in [2.45, 2.75) is 0 Å². The summed E-state index contributed by atoms with van der Waals surface area (Å²) in [5.41, 5.74) is 6.48. The SMILES string of the molecule is c1ccc(N(c2ccccc2)c2ccc(Oc3ccc(Oc4ccc(N(c5ccccc5)c5ccccc5)cc4)cc3)cc2)cc1. The molecule has 4 nitrogen and oxygen atoms in total. The van der Waals surface area contributed by atoms with Gasteiger partial charge in [-0.25, -0.2) is 0 Å². The van der Waals surface area contributed by atoms with Gasteiger partial charge in [-0.05, 0) is 121 Å². The van der Waals surface area contributed by atoms with Gasteiger partial charge in [-0.3, -0.25) is 0 Å². The molecule has 0 N–H and O–H groups in total. The normalized spacial score (nSPS) is 10.6. The second-order valence-corrected chi connectivity index (χ2v) is 10.7. The van der Waals surface area contributed by atoms with Crippen molar-refractivity contribution in [3.63, 3.8) is 0 Å². The molecule has 0 saturated carbocycles. The maximum atomic E-state index is 6.18. The Hall–Kier alpha value is -6.26. The molecule has 0 bridgehead atoms. The highest BCUT2D eigenvalue weighted by Crippen LogP contribution is 2.37. The first-order valence-corrected chi connectivity index (χ1v) is 15.3. The van der Waals surface area contributed by atoms with Gasteiger partial charge in [-0.2, -0.15) is 0 Å². The fraction of sp³-hybridized carbons (Fsp3) is 0. The van der Waals surface area contributed by atoms with Crippen molar-refractivity contribution in [1.82, 2.24) is 0 Å². The highest BCUT2D eigenvalue weighted by Gasteiger charge is 2.13. The molecule has 7 rings (SSSR count). The van der Waals surface area contributed by atoms with E-state index in [4.69, 9.17) is 9.47 Å². The number of ether oxygens (including phenoxy) is 2. The van der Waals surface area contributed by atoms with E-state index in [9.17, 15) is 0 Å². The lowest BCUT2D eigenvalue weighted by molar-refractivity contribution is 0.469. The largest absolute Gasteiger partial charge is 0.457 e. The van der Waals surface area contributed by atoms with E-state index in [1.807, 2.05) is 72.8 Å². The Morgan fingerprint density at radius 1 is 0.217 bits per heavy atom. The van der Waals surface area contributed by atoms with Gasteiger partial charge in [0, 0.05) is 34.1 Å². The minimum Gasteiger partial charge on any atom is -0.457 e. The van der Waals surface area contributed by atoms with Crippen molar-refractivity contribution in [2.24, 2.45) is 0 Å². The Kier molecular flexibility index (Phi) is 8.42. The van der Waals surface area contributed by atoms with Crippen LogP contribution in [0.5, 0.6) is 23.0 Å². The molecule has 7 aromatic rings. The first-order chi connectivity index (χ1) is 22.8. The van der Waals surface area contributed by atoms with Gasteiger partial charge in [0.05, 0.1) is 0 Å². The second-order valence-electron chi connectivity index (χ2n) is 10.7. The lowest BCUT2D eigenvalue weighted by Crippen LogP contribution is -2.09. The molecule has 0 atom stereocenters. The smallest absolute Gasteiger partial charge is 0.127 e. The highest BCUT2D eigenvalue weighted by atomic mass is 16.5. The first kappa shape index (κ1) is 28.5. The molecule has 0 amide bonds. The van der Waals surface area contributed by atoms with Gasteiger partial charge in [-0.15, -0.1) is 0 Å². The first-order valence-electron chi connectivity index (χ1n) is 15.3. The molecule has 222 valence electrons. The van der Waals surface area contributed by atoms with E-state index < -0.39 is 0 Å². The minimum absolute atomic E-state index is 0.736. The summed E-state index contributed by atoms with van der Waals surface area (Å²) in [4.78, 5) is 4.45. The Labute approximate surface area is 270 Å². The summed E-state index contributed by atoms with van der Waals surface area (Å²) in [7, 11) is 0. The quantitative estimate of drug-likeness (QED) is 0.157. The molecule has 0 spiro atoms. The summed E-state index contributed by atoms with van der Waals surface area (Å²) >= 11 is 0. The number of hydrogen-bond acceptors (Lipinski definition) is 4. The van der Waals surface area contributed by atoms with E-state index in [1.165, 1.54) is 0 Å². The number of benzene rings is 7. The van der Waals surface area contributed by atoms with Crippen LogP contribution in [0.1, 0.15) is 0 Å². The number of anilines is 6. The Morgan fingerprint density at radius 3 is 0.652 bits per heavy atom. The minimum atomic E-state index is 0.736. The summed E-state index contributed by atoms with van der Waals surface area (Å²) in [6.07, 6.45) is 0. The Bertz CT molecular complexity index is 1720. The van der Waals surface area contributed by atoms with Gasteiger partial charge in [0.25, 0.3) is 0 Å². The van der Waals surface area contributed by atoms with Crippen molar-refractivity contribution >= 4 is 34.1 Å². The molecule has 0 heterocycles. The Balaban J connectivity index is 1.03. The highest BCUT2D eigenvalue weighted by molar-refractivity contribution is 5.77. The Morgan fingerprint density at radius 2 is 0.413 bits per heavy atom. The van der Waals surface area contributed by atoms with E-state index in [2.05, 4.69) is 131 Å². The standard InChI is InChI=1S/C42H32N2O2/c1-5-13-33(14-6-1)43(34-15-7-2-8-16-34)37-21-25-39(26-22-37)45-41-29-31-42(32-30-41)46-40-27-23-38(24-28-40)44(35-17-9-3-10-18-35)36-19-11-4-12-20-36/h1-32H.